The summed E-state index contributed by atoms with van der Waals surface area (Å²) in [5, 5.41) is 0. The average molecular weight is 479 g/mol. The Kier molecular flexibility index (Phi) is 10.3. The molecule has 0 spiro atoms. The molecule has 2 heterocycles. The quantitative estimate of drug-likeness (QED) is 0.263. The Morgan fingerprint density at radius 2 is 1.03 bits per heavy atom. The standard InChI is InChI=1S/C26H38O8/c1-25(17-31-18-25)15-29-11-3-5-13-33-23(27)21-7-9-22(10-8-21)24(28)34-14-6-4-12-30-16-26(2)19-32-20-26/h7-10H,3-6,11-20H2,1-2H3. The van der Waals surface area contributed by atoms with Gasteiger partial charge in [0.05, 0.1) is 64.0 Å². The number of ether oxygens (including phenoxy) is 6. The summed E-state index contributed by atoms with van der Waals surface area (Å²) >= 11 is 0. The number of esters is 2. The number of benzene rings is 1. The van der Waals surface area contributed by atoms with E-state index in [2.05, 4.69) is 13.8 Å². The van der Waals surface area contributed by atoms with Gasteiger partial charge in [-0.1, -0.05) is 13.8 Å². The average Bonchev–Trinajstić information content (AvgIpc) is 2.80. The predicted molar refractivity (Wildman–Crippen MR) is 125 cm³/mol. The highest BCUT2D eigenvalue weighted by Crippen LogP contribution is 2.27. The summed E-state index contributed by atoms with van der Waals surface area (Å²) in [6.45, 7) is 10.7. The van der Waals surface area contributed by atoms with Crippen LogP contribution in [-0.2, 0) is 28.4 Å². The van der Waals surface area contributed by atoms with Crippen molar-refractivity contribution in [3.63, 3.8) is 0 Å². The summed E-state index contributed by atoms with van der Waals surface area (Å²) in [6, 6.07) is 6.34. The van der Waals surface area contributed by atoms with Crippen LogP contribution in [0, 0.1) is 10.8 Å². The van der Waals surface area contributed by atoms with E-state index in [0.717, 1.165) is 52.1 Å². The number of hydrogen-bond acceptors (Lipinski definition) is 8. The fourth-order valence-electron chi connectivity index (χ4n) is 3.56. The maximum Gasteiger partial charge on any atom is 0.338 e. The lowest BCUT2D eigenvalue weighted by Gasteiger charge is -2.37. The minimum absolute atomic E-state index is 0.157. The normalized spacial score (nSPS) is 17.9. The summed E-state index contributed by atoms with van der Waals surface area (Å²) in [6.07, 6.45) is 3.13. The highest BCUT2D eigenvalue weighted by molar-refractivity contribution is 5.93. The largest absolute Gasteiger partial charge is 0.462 e. The van der Waals surface area contributed by atoms with E-state index in [1.165, 1.54) is 0 Å². The van der Waals surface area contributed by atoms with Gasteiger partial charge in [-0.25, -0.2) is 9.59 Å². The van der Waals surface area contributed by atoms with E-state index in [1.807, 2.05) is 0 Å². The van der Waals surface area contributed by atoms with Crippen molar-refractivity contribution in [2.75, 3.05) is 66.1 Å². The molecule has 2 aliphatic heterocycles. The van der Waals surface area contributed by atoms with E-state index < -0.39 is 11.9 Å². The molecule has 0 bridgehead atoms. The first-order valence-electron chi connectivity index (χ1n) is 12.1. The van der Waals surface area contributed by atoms with E-state index in [1.54, 1.807) is 24.3 Å². The minimum Gasteiger partial charge on any atom is -0.462 e. The molecule has 0 atom stereocenters. The van der Waals surface area contributed by atoms with Crippen LogP contribution in [-0.4, -0.2) is 78.0 Å². The van der Waals surface area contributed by atoms with Gasteiger partial charge < -0.3 is 28.4 Å². The molecule has 0 saturated carbocycles. The monoisotopic (exact) mass is 478 g/mol. The Morgan fingerprint density at radius 1 is 0.676 bits per heavy atom. The number of hydrogen-bond donors (Lipinski definition) is 0. The zero-order valence-corrected chi connectivity index (χ0v) is 20.5. The van der Waals surface area contributed by atoms with Gasteiger partial charge in [0.2, 0.25) is 0 Å². The molecule has 2 aliphatic rings. The van der Waals surface area contributed by atoms with Gasteiger partial charge in [-0.2, -0.15) is 0 Å². The summed E-state index contributed by atoms with van der Waals surface area (Å²) in [5.41, 5.74) is 1.13. The van der Waals surface area contributed by atoms with Crippen LogP contribution in [0.25, 0.3) is 0 Å². The maximum atomic E-state index is 12.2. The van der Waals surface area contributed by atoms with Crippen molar-refractivity contribution < 1.29 is 38.0 Å². The summed E-state index contributed by atoms with van der Waals surface area (Å²) in [7, 11) is 0. The minimum atomic E-state index is -0.401. The molecule has 34 heavy (non-hydrogen) atoms. The molecule has 0 unspecified atom stereocenters. The molecule has 3 rings (SSSR count). The molecule has 8 heteroatoms. The van der Waals surface area contributed by atoms with Gasteiger partial charge in [-0.15, -0.1) is 0 Å². The molecule has 0 N–H and O–H groups in total. The van der Waals surface area contributed by atoms with Gasteiger partial charge in [0, 0.05) is 24.0 Å². The third kappa shape index (κ3) is 8.65. The summed E-state index contributed by atoms with van der Waals surface area (Å²) in [5.74, 6) is -0.801. The number of carbonyl (C=O) groups is 2. The smallest absolute Gasteiger partial charge is 0.338 e. The van der Waals surface area contributed by atoms with Crippen molar-refractivity contribution in [2.24, 2.45) is 10.8 Å². The Bertz CT molecular complexity index is 703. The van der Waals surface area contributed by atoms with E-state index in [9.17, 15) is 9.59 Å². The molecule has 0 aliphatic carbocycles. The molecule has 0 aromatic heterocycles. The SMILES string of the molecule is CC1(COCCCCOC(=O)c2ccc(C(=O)OCCCCOCC3(C)COC3)cc2)COC1. The lowest BCUT2D eigenvalue weighted by atomic mass is 9.90. The van der Waals surface area contributed by atoms with Crippen molar-refractivity contribution in [3.05, 3.63) is 35.4 Å². The highest BCUT2D eigenvalue weighted by Gasteiger charge is 2.34. The molecule has 1 aromatic carbocycles. The first-order valence-corrected chi connectivity index (χ1v) is 12.1. The van der Waals surface area contributed by atoms with Crippen molar-refractivity contribution >= 4 is 11.9 Å². The van der Waals surface area contributed by atoms with Gasteiger partial charge in [-0.3, -0.25) is 0 Å². The molecule has 190 valence electrons. The number of rotatable bonds is 16. The van der Waals surface area contributed by atoms with Crippen molar-refractivity contribution in [1.29, 1.82) is 0 Å². The van der Waals surface area contributed by atoms with Crippen LogP contribution in [0.1, 0.15) is 60.2 Å². The molecule has 0 amide bonds. The van der Waals surface area contributed by atoms with Gasteiger partial charge in [0.25, 0.3) is 0 Å². The van der Waals surface area contributed by atoms with Crippen LogP contribution in [0.4, 0.5) is 0 Å². The van der Waals surface area contributed by atoms with Crippen LogP contribution in [0.3, 0.4) is 0 Å². The Balaban J connectivity index is 1.20. The summed E-state index contributed by atoms with van der Waals surface area (Å²) in [4.78, 5) is 24.3. The Hall–Kier alpha value is -2.00. The van der Waals surface area contributed by atoms with E-state index >= 15 is 0 Å². The molecule has 2 saturated heterocycles. The second kappa shape index (κ2) is 13.2. The van der Waals surface area contributed by atoms with Crippen molar-refractivity contribution in [3.8, 4) is 0 Å². The van der Waals surface area contributed by atoms with Crippen LogP contribution in [0.2, 0.25) is 0 Å². The molecule has 8 nitrogen and oxygen atoms in total. The zero-order chi connectivity index (χ0) is 24.3. The zero-order valence-electron chi connectivity index (χ0n) is 20.5. The molecule has 1 aromatic rings. The molecular formula is C26H38O8. The van der Waals surface area contributed by atoms with Crippen molar-refractivity contribution in [2.45, 2.75) is 39.5 Å². The predicted octanol–water partition coefficient (Wildman–Crippen LogP) is 3.67. The fraction of sp³-hybridized carbons (Fsp3) is 0.692. The summed E-state index contributed by atoms with van der Waals surface area (Å²) < 4.78 is 32.3. The van der Waals surface area contributed by atoms with Crippen LogP contribution >= 0.6 is 0 Å². The van der Waals surface area contributed by atoms with Crippen LogP contribution < -0.4 is 0 Å². The highest BCUT2D eigenvalue weighted by atomic mass is 16.5. The van der Waals surface area contributed by atoms with Gasteiger partial charge in [0.15, 0.2) is 0 Å². The van der Waals surface area contributed by atoms with Gasteiger partial charge in [-0.05, 0) is 49.9 Å². The third-order valence-corrected chi connectivity index (χ3v) is 5.89. The molecular weight excluding hydrogens is 440 g/mol. The first kappa shape index (κ1) is 26.6. The maximum absolute atomic E-state index is 12.2. The van der Waals surface area contributed by atoms with Gasteiger partial charge >= 0.3 is 11.9 Å². The van der Waals surface area contributed by atoms with Gasteiger partial charge in [0.1, 0.15) is 0 Å². The Morgan fingerprint density at radius 3 is 1.35 bits per heavy atom. The topological polar surface area (TPSA) is 89.5 Å². The van der Waals surface area contributed by atoms with E-state index in [4.69, 9.17) is 28.4 Å². The lowest BCUT2D eigenvalue weighted by molar-refractivity contribution is -0.138. The molecule has 2 fully saturated rings. The lowest BCUT2D eigenvalue weighted by Crippen LogP contribution is -2.43. The molecule has 0 radical (unpaired) electrons. The second-order valence-corrected chi connectivity index (χ2v) is 9.98. The number of unbranched alkanes of at least 4 members (excludes halogenated alkanes) is 2. The van der Waals surface area contributed by atoms with Crippen molar-refractivity contribution in [1.82, 2.24) is 0 Å². The van der Waals surface area contributed by atoms with E-state index in [-0.39, 0.29) is 10.8 Å². The fourth-order valence-corrected chi connectivity index (χ4v) is 3.56. The number of carbonyl (C=O) groups excluding carboxylic acids is 2. The van der Waals surface area contributed by atoms with Crippen LogP contribution in [0.5, 0.6) is 0 Å². The third-order valence-electron chi connectivity index (χ3n) is 5.89. The Labute approximate surface area is 202 Å². The van der Waals surface area contributed by atoms with E-state index in [0.29, 0.717) is 50.8 Å². The second-order valence-electron chi connectivity index (χ2n) is 9.98. The first-order chi connectivity index (χ1) is 16.4. The van der Waals surface area contributed by atoms with Crippen LogP contribution in [0.15, 0.2) is 24.3 Å².